The number of ether oxygens (including phenoxy) is 2. The summed E-state index contributed by atoms with van der Waals surface area (Å²) in [6, 6.07) is 7.55. The van der Waals surface area contributed by atoms with Gasteiger partial charge in [-0.15, -0.1) is 5.92 Å². The number of aliphatic hydroxyl groups is 1. The number of aryl methyl sites for hydroxylation is 1. The van der Waals surface area contributed by atoms with E-state index in [2.05, 4.69) is 52.8 Å². The number of piperidine rings is 2. The number of hydrogen-bond donors (Lipinski definition) is 2. The van der Waals surface area contributed by atoms with Gasteiger partial charge in [-0.3, -0.25) is 9.69 Å². The Bertz CT molecular complexity index is 3300. The molecule has 1 aromatic carbocycles. The van der Waals surface area contributed by atoms with E-state index in [0.717, 1.165) is 62.7 Å². The molecule has 20 atom stereocenters. The molecule has 7 heterocycles. The molecule has 20 rings (SSSR count). The van der Waals surface area contributed by atoms with E-state index in [1.54, 1.807) is 22.4 Å². The van der Waals surface area contributed by atoms with E-state index >= 15 is 9.59 Å². The van der Waals surface area contributed by atoms with Crippen LogP contribution in [0.4, 0.5) is 0 Å². The second-order valence-electron chi connectivity index (χ2n) is 33.2. The van der Waals surface area contributed by atoms with Gasteiger partial charge in [0.1, 0.15) is 11.2 Å². The Morgan fingerprint density at radius 1 is 0.807 bits per heavy atom. The van der Waals surface area contributed by atoms with Crippen LogP contribution in [0.25, 0.3) is 0 Å². The third-order valence-electron chi connectivity index (χ3n) is 31.8. The number of allylic oxidation sites excluding steroid dienone is 4. The van der Waals surface area contributed by atoms with Crippen molar-refractivity contribution in [2.24, 2.45) is 109 Å². The first-order valence-corrected chi connectivity index (χ1v) is 35.4. The van der Waals surface area contributed by atoms with Crippen molar-refractivity contribution < 1.29 is 24.2 Å². The Morgan fingerprint density at radius 2 is 1.69 bits per heavy atom. The van der Waals surface area contributed by atoms with Crippen molar-refractivity contribution in [2.45, 2.75) is 230 Å². The molecule has 0 unspecified atom stereocenters. The van der Waals surface area contributed by atoms with E-state index in [1.165, 1.54) is 147 Å². The van der Waals surface area contributed by atoms with E-state index in [4.69, 9.17) is 15.2 Å². The molecule has 8 saturated carbocycles. The summed E-state index contributed by atoms with van der Waals surface area (Å²) in [5.74, 6) is 14.0. The molecular weight excluding hydrogens is 1020 g/mol. The fourth-order valence-corrected chi connectivity index (χ4v) is 29.7. The first-order valence-electron chi connectivity index (χ1n) is 35.4. The van der Waals surface area contributed by atoms with Crippen LogP contribution in [0.15, 0.2) is 63.8 Å². The van der Waals surface area contributed by atoms with Crippen LogP contribution in [-0.2, 0) is 26.3 Å². The molecule has 0 radical (unpaired) electrons. The number of rotatable bonds is 4. The molecule has 12 aliphatic carbocycles. The number of carbonyl (C=O) groups is 2. The van der Waals surface area contributed by atoms with Gasteiger partial charge in [0.2, 0.25) is 0 Å². The second-order valence-corrected chi connectivity index (χ2v) is 33.2. The van der Waals surface area contributed by atoms with Crippen LogP contribution >= 0.6 is 0 Å². The van der Waals surface area contributed by atoms with Gasteiger partial charge in [0.25, 0.3) is 0 Å². The lowest BCUT2D eigenvalue weighted by molar-refractivity contribution is -0.284. The summed E-state index contributed by atoms with van der Waals surface area (Å²) >= 11 is 0. The predicted octanol–water partition coefficient (Wildman–Crippen LogP) is 14.3. The number of aliphatic hydroxyl groups excluding tert-OH is 1. The van der Waals surface area contributed by atoms with Crippen LogP contribution < -0.4 is 5.73 Å². The zero-order valence-corrected chi connectivity index (χ0v) is 50.1. The maximum Gasteiger partial charge on any atom is 0.339 e. The fraction of sp³-hybridized carbons (Fsp3) is 0.760. The Morgan fingerprint density at radius 3 is 2.57 bits per heavy atom. The van der Waals surface area contributed by atoms with Crippen molar-refractivity contribution >= 4 is 11.9 Å². The van der Waals surface area contributed by atoms with E-state index in [9.17, 15) is 5.11 Å². The first kappa shape index (κ1) is 50.2. The lowest BCUT2D eigenvalue weighted by atomic mass is 9.26. The number of nitrogens with zero attached hydrogens (tertiary/aromatic N) is 2. The highest BCUT2D eigenvalue weighted by Gasteiger charge is 2.94. The Kier molecular flexibility index (Phi) is 10.1. The maximum atomic E-state index is 17.2. The van der Waals surface area contributed by atoms with Crippen LogP contribution in [0.5, 0.6) is 0 Å². The summed E-state index contributed by atoms with van der Waals surface area (Å²) in [7, 11) is 0. The number of nitrogens with two attached hydrogens (primary N) is 1. The molecule has 438 valence electrons. The average Bonchev–Trinajstić information content (AvgIpc) is 1.56. The molecule has 83 heavy (non-hydrogen) atoms. The number of esters is 2. The lowest BCUT2D eigenvalue weighted by Gasteiger charge is -2.75. The summed E-state index contributed by atoms with van der Waals surface area (Å²) < 4.78 is 15.2. The summed E-state index contributed by atoms with van der Waals surface area (Å²) in [5.41, 5.74) is 14.9. The summed E-state index contributed by atoms with van der Waals surface area (Å²) in [6.07, 6.45) is 39.0. The Hall–Kier alpha value is -3.80. The minimum absolute atomic E-state index is 0.110. The smallest absolute Gasteiger partial charge is 0.339 e. The van der Waals surface area contributed by atoms with Crippen molar-refractivity contribution in [2.75, 3.05) is 19.6 Å². The van der Waals surface area contributed by atoms with Gasteiger partial charge in [-0.2, -0.15) is 0 Å². The molecule has 7 spiro atoms. The lowest BCUT2D eigenvalue weighted by Crippen LogP contribution is -2.78. The second kappa shape index (κ2) is 16.7. The molecule has 19 aliphatic rings. The monoisotopic (exact) mass is 1120 g/mol. The minimum Gasteiger partial charge on any atom is -0.509 e. The van der Waals surface area contributed by atoms with Gasteiger partial charge in [-0.1, -0.05) is 93.2 Å². The van der Waals surface area contributed by atoms with Gasteiger partial charge in [0.15, 0.2) is 11.4 Å². The third-order valence-corrected chi connectivity index (χ3v) is 31.8. The van der Waals surface area contributed by atoms with E-state index in [-0.39, 0.29) is 52.5 Å². The third kappa shape index (κ3) is 5.50. The van der Waals surface area contributed by atoms with Gasteiger partial charge in [-0.25, -0.2) is 4.79 Å². The van der Waals surface area contributed by atoms with Crippen molar-refractivity contribution in [3.63, 3.8) is 0 Å². The van der Waals surface area contributed by atoms with Crippen molar-refractivity contribution in [1.82, 2.24) is 9.80 Å². The highest BCUT2D eigenvalue weighted by molar-refractivity contribution is 6.00. The molecule has 3 saturated heterocycles. The van der Waals surface area contributed by atoms with Crippen LogP contribution in [0, 0.1) is 115 Å². The predicted molar refractivity (Wildman–Crippen MR) is 317 cm³/mol. The SMILES string of the molecule is C[C@H]1CC2=C3[C@H]4C5=C6[C@@H]7C[C@@]41CCC7=C[C@@H](C1CCCCC1)C[C@H]1[C@]64C(=O)O/C(=C(\O)C[C@@H]6[C@H]7CC8(CCCC8)[C@@]8(CCC[C@]89CCC[C@@H]9C#CC[C@H]8[C@@H]9CN3[C@H]3[C@H](CC[C@@H]9[C@H]3CN68)C2)C7)[C@@]4(CC5)[C@]12OC(=O)c1c(CCCN)cccc12. The van der Waals surface area contributed by atoms with Crippen molar-refractivity contribution in [3.8, 4) is 11.8 Å². The quantitative estimate of drug-likeness (QED) is 0.175. The molecular formula is C75H93N3O5. The molecule has 3 N–H and O–H groups in total. The number of fused-ring (bicyclic) bond motifs is 7. The zero-order chi connectivity index (χ0) is 54.9. The van der Waals surface area contributed by atoms with Crippen LogP contribution in [0.1, 0.15) is 221 Å². The first-order chi connectivity index (χ1) is 40.6. The summed E-state index contributed by atoms with van der Waals surface area (Å²) in [4.78, 5) is 39.1. The fourth-order valence-electron chi connectivity index (χ4n) is 29.7. The normalized spacial score (nSPS) is 51.0. The summed E-state index contributed by atoms with van der Waals surface area (Å²) in [5, 5.41) is 14.5. The standard InChI is InChI=1S/C75H93N3O5/c1-42-32-48-34-46-20-21-51-54-40-78-64(46)55(51)41-77-57(54)19-8-16-50-17-9-26-71(50)27-11-28-72(71)38-49(37-69(72)24-5-6-25-69)58(77)36-59(79)66-73-30-23-52-62-53-39-70(42,63(52)65(48)78)29-22-45(53)33-47(43-12-3-2-4-13-43)35-60(74(62,73)68(81)82-66)75(73)56-18-7-14-44(15-10-31-76)61(56)67(80)83-75/h7,14,18,33,42-43,46-47,49-51,53-55,57-58,60,63-64,79H,2-6,9-13,15,17,19-32,34-41,76H2,1H3/b45-33?,66-59-/t42-,46+,47+,49-,50-,51-,53+,54+,55+,57-,58+,60-,63+,64-,70+,71-,72+,73+,74+,75+/m0/s1. The average molecular weight is 1120 g/mol. The number of carbonyl (C=O) groups excluding carboxylic acids is 2. The number of benzene rings is 1. The van der Waals surface area contributed by atoms with Gasteiger partial charge >= 0.3 is 11.9 Å². The zero-order valence-electron chi connectivity index (χ0n) is 50.1. The van der Waals surface area contributed by atoms with Gasteiger partial charge in [0.05, 0.1) is 11.0 Å². The van der Waals surface area contributed by atoms with E-state index in [1.807, 2.05) is 0 Å². The molecule has 1 aromatic rings. The minimum atomic E-state index is -1.16. The summed E-state index contributed by atoms with van der Waals surface area (Å²) in [6.45, 7) is 5.48. The van der Waals surface area contributed by atoms with Crippen LogP contribution in [-0.4, -0.2) is 64.6 Å². The van der Waals surface area contributed by atoms with E-state index < -0.39 is 16.4 Å². The van der Waals surface area contributed by atoms with Crippen molar-refractivity contribution in [1.29, 1.82) is 0 Å². The van der Waals surface area contributed by atoms with Gasteiger partial charge < -0.3 is 25.2 Å². The molecule has 8 heteroatoms. The Labute approximate surface area is 494 Å². The molecule has 0 aromatic heterocycles. The highest BCUT2D eigenvalue weighted by Crippen LogP contribution is 2.90. The largest absolute Gasteiger partial charge is 0.509 e. The molecule has 0 amide bonds. The number of hydrogen-bond acceptors (Lipinski definition) is 8. The molecule has 7 aliphatic heterocycles. The molecule has 8 nitrogen and oxygen atoms in total. The van der Waals surface area contributed by atoms with Crippen molar-refractivity contribution in [3.05, 3.63) is 80.5 Å². The highest BCUT2D eigenvalue weighted by atomic mass is 16.6. The van der Waals surface area contributed by atoms with Gasteiger partial charge in [-0.05, 0) is 234 Å². The molecule has 11 fully saturated rings. The van der Waals surface area contributed by atoms with E-state index in [0.29, 0.717) is 113 Å². The topological polar surface area (TPSA) is 105 Å². The van der Waals surface area contributed by atoms with Crippen LogP contribution in [0.3, 0.4) is 0 Å². The Balaban J connectivity index is 0.880. The van der Waals surface area contributed by atoms with Crippen LogP contribution in [0.2, 0.25) is 0 Å². The maximum absolute atomic E-state index is 17.2. The molecule has 13 bridgehead atoms. The van der Waals surface area contributed by atoms with Gasteiger partial charge in [0, 0.05) is 79.0 Å².